The van der Waals surface area contributed by atoms with Gasteiger partial charge in [-0.05, 0) is 74.0 Å². The van der Waals surface area contributed by atoms with Gasteiger partial charge in [0.1, 0.15) is 0 Å². The van der Waals surface area contributed by atoms with Crippen LogP contribution in [0.1, 0.15) is 71.1 Å². The fraction of sp³-hybridized carbons (Fsp3) is 1.00. The largest absolute Gasteiger partial charge is 0.396 e. The summed E-state index contributed by atoms with van der Waals surface area (Å²) in [4.78, 5) is 11.5. The zero-order valence-corrected chi connectivity index (χ0v) is 14.4. The Morgan fingerprint density at radius 2 is 1.87 bits per heavy atom. The summed E-state index contributed by atoms with van der Waals surface area (Å²) < 4.78 is 0. The van der Waals surface area contributed by atoms with Crippen molar-refractivity contribution in [1.82, 2.24) is 0 Å². The van der Waals surface area contributed by atoms with E-state index in [-0.39, 0.29) is 21.8 Å². The van der Waals surface area contributed by atoms with Gasteiger partial charge in [0.05, 0.1) is 0 Å². The van der Waals surface area contributed by atoms with E-state index in [1.165, 1.54) is 38.5 Å². The van der Waals surface area contributed by atoms with Crippen LogP contribution in [0.3, 0.4) is 0 Å². The maximum absolute atomic E-state index is 11.5. The van der Waals surface area contributed by atoms with Crippen LogP contribution in [-0.2, 0) is 0 Å². The van der Waals surface area contributed by atoms with Crippen molar-refractivity contribution in [2.24, 2.45) is 34.5 Å². The van der Waals surface area contributed by atoms with E-state index in [2.05, 4.69) is 6.92 Å². The van der Waals surface area contributed by atoms with Crippen LogP contribution in [-0.4, -0.2) is 22.7 Å². The van der Waals surface area contributed by atoms with Gasteiger partial charge in [-0.1, -0.05) is 19.8 Å². The molecule has 4 aliphatic carbocycles. The molecule has 4 unspecified atom stereocenters. The highest BCUT2D eigenvalue weighted by Crippen LogP contribution is 2.66. The molecule has 0 aliphatic heterocycles. The minimum absolute atomic E-state index is 0.00831. The first kappa shape index (κ1) is 15.9. The second-order valence-electron chi connectivity index (χ2n) is 9.21. The number of aliphatic hydroxyl groups is 1. The molecule has 0 aromatic heterocycles. The first-order valence-corrected chi connectivity index (χ1v) is 9.77. The number of nitro groups is 1. The molecule has 4 rings (SSSR count). The van der Waals surface area contributed by atoms with Crippen molar-refractivity contribution in [2.75, 3.05) is 6.61 Å². The van der Waals surface area contributed by atoms with Crippen molar-refractivity contribution >= 4 is 0 Å². The van der Waals surface area contributed by atoms with Gasteiger partial charge in [-0.25, -0.2) is 0 Å². The molecule has 4 nitrogen and oxygen atoms in total. The molecule has 7 atom stereocenters. The highest BCUT2D eigenvalue weighted by Gasteiger charge is 2.63. The Labute approximate surface area is 139 Å². The van der Waals surface area contributed by atoms with Crippen LogP contribution in [0.25, 0.3) is 0 Å². The average Bonchev–Trinajstić information content (AvgIpc) is 2.91. The predicted molar refractivity (Wildman–Crippen MR) is 88.5 cm³/mol. The number of aliphatic hydroxyl groups excluding tert-OH is 1. The summed E-state index contributed by atoms with van der Waals surface area (Å²) >= 11 is 0. The Morgan fingerprint density at radius 3 is 2.61 bits per heavy atom. The number of hydrogen-bond donors (Lipinski definition) is 1. The predicted octanol–water partition coefficient (Wildman–Crippen LogP) is 4.04. The third-order valence-corrected chi connectivity index (χ3v) is 8.78. The van der Waals surface area contributed by atoms with Crippen LogP contribution in [0.15, 0.2) is 0 Å². The van der Waals surface area contributed by atoms with Crippen molar-refractivity contribution in [3.05, 3.63) is 10.1 Å². The molecule has 4 saturated carbocycles. The minimum atomic E-state index is -0.331. The molecule has 0 heterocycles. The maximum atomic E-state index is 11.5. The zero-order valence-electron chi connectivity index (χ0n) is 14.4. The Kier molecular flexibility index (Phi) is 3.75. The average molecular weight is 321 g/mol. The molecule has 0 bridgehead atoms. The Hall–Kier alpha value is -0.640. The number of rotatable bonds is 2. The summed E-state index contributed by atoms with van der Waals surface area (Å²) in [5, 5.41) is 21.9. The second-order valence-corrected chi connectivity index (χ2v) is 9.21. The maximum Gasteiger partial charge on any atom is 0.218 e. The van der Waals surface area contributed by atoms with E-state index < -0.39 is 0 Å². The van der Waals surface area contributed by atoms with Gasteiger partial charge in [0, 0.05) is 23.4 Å². The highest BCUT2D eigenvalue weighted by molar-refractivity contribution is 5.10. The third-order valence-electron chi connectivity index (χ3n) is 8.78. The van der Waals surface area contributed by atoms with E-state index in [0.717, 1.165) is 25.7 Å². The van der Waals surface area contributed by atoms with Gasteiger partial charge in [0.15, 0.2) is 0 Å². The number of fused-ring (bicyclic) bond motifs is 5. The van der Waals surface area contributed by atoms with E-state index in [0.29, 0.717) is 30.3 Å². The summed E-state index contributed by atoms with van der Waals surface area (Å²) in [6.45, 7) is 2.55. The van der Waals surface area contributed by atoms with Crippen LogP contribution < -0.4 is 0 Å². The van der Waals surface area contributed by atoms with Gasteiger partial charge in [-0.2, -0.15) is 0 Å². The molecule has 130 valence electrons. The third kappa shape index (κ3) is 2.06. The molecule has 4 fully saturated rings. The molecular weight excluding hydrogens is 290 g/mol. The Bertz CT molecular complexity index is 495. The molecule has 4 heteroatoms. The van der Waals surface area contributed by atoms with Gasteiger partial charge >= 0.3 is 0 Å². The molecule has 0 saturated heterocycles. The van der Waals surface area contributed by atoms with Gasteiger partial charge in [-0.15, -0.1) is 0 Å². The van der Waals surface area contributed by atoms with E-state index >= 15 is 0 Å². The van der Waals surface area contributed by atoms with E-state index in [4.69, 9.17) is 0 Å². The van der Waals surface area contributed by atoms with E-state index in [1.807, 2.05) is 0 Å². The second kappa shape index (κ2) is 5.44. The van der Waals surface area contributed by atoms with Gasteiger partial charge in [0.2, 0.25) is 6.04 Å². The van der Waals surface area contributed by atoms with Crippen LogP contribution >= 0.6 is 0 Å². The zero-order chi connectivity index (χ0) is 16.2. The van der Waals surface area contributed by atoms with Crippen molar-refractivity contribution < 1.29 is 10.0 Å². The molecule has 0 radical (unpaired) electrons. The molecular formula is C19H31NO3. The molecule has 1 N–H and O–H groups in total. The summed E-state index contributed by atoms with van der Waals surface area (Å²) in [7, 11) is 0. The smallest absolute Gasteiger partial charge is 0.218 e. The number of nitrogens with zero attached hydrogens (tertiary/aromatic N) is 1. The summed E-state index contributed by atoms with van der Waals surface area (Å²) in [5.74, 6) is 2.47. The summed E-state index contributed by atoms with van der Waals surface area (Å²) in [6.07, 6.45) is 11.5. The van der Waals surface area contributed by atoms with Crippen LogP contribution in [0, 0.1) is 44.6 Å². The van der Waals surface area contributed by atoms with Crippen LogP contribution in [0.4, 0.5) is 0 Å². The first-order valence-electron chi connectivity index (χ1n) is 9.77. The Morgan fingerprint density at radius 1 is 1.04 bits per heavy atom. The quantitative estimate of drug-likeness (QED) is 0.617. The highest BCUT2D eigenvalue weighted by atomic mass is 16.6. The Balaban J connectivity index is 1.65. The molecule has 23 heavy (non-hydrogen) atoms. The summed E-state index contributed by atoms with van der Waals surface area (Å²) in [5.41, 5.74) is 0.0536. The van der Waals surface area contributed by atoms with Gasteiger partial charge in [0.25, 0.3) is 0 Å². The molecule has 0 aromatic rings. The molecule has 4 aliphatic rings. The molecule has 0 aromatic carbocycles. The molecule has 0 spiro atoms. The van der Waals surface area contributed by atoms with E-state index in [9.17, 15) is 15.2 Å². The van der Waals surface area contributed by atoms with E-state index in [1.54, 1.807) is 0 Å². The van der Waals surface area contributed by atoms with Crippen LogP contribution in [0.5, 0.6) is 0 Å². The lowest BCUT2D eigenvalue weighted by Crippen LogP contribution is -2.56. The lowest BCUT2D eigenvalue weighted by molar-refractivity contribution is -0.540. The lowest BCUT2D eigenvalue weighted by Gasteiger charge is -2.60. The van der Waals surface area contributed by atoms with Crippen molar-refractivity contribution in [2.45, 2.75) is 77.2 Å². The first-order chi connectivity index (χ1) is 11.0. The SMILES string of the molecule is CC12CC[C@H]3C(CC[C@H]4CCCCC43CO)[C@@H]1CCC2[N+](=O)[O-]. The van der Waals surface area contributed by atoms with Crippen LogP contribution in [0.2, 0.25) is 0 Å². The fourth-order valence-electron chi connectivity index (χ4n) is 7.70. The van der Waals surface area contributed by atoms with Crippen molar-refractivity contribution in [3.8, 4) is 0 Å². The fourth-order valence-corrected chi connectivity index (χ4v) is 7.70. The molecule has 0 amide bonds. The van der Waals surface area contributed by atoms with Gasteiger partial charge < -0.3 is 5.11 Å². The lowest BCUT2D eigenvalue weighted by atomic mass is 9.45. The minimum Gasteiger partial charge on any atom is -0.396 e. The standard InChI is InChI=1S/C19H31NO3/c1-18-11-9-16-14(15(18)7-8-17(18)20(22)23)6-5-13-4-2-3-10-19(13,16)12-21/h13-17,21H,2-12H2,1H3/t13-,14?,15+,16+,17?,18?,19?/m1/s1. The van der Waals surface area contributed by atoms with Crippen molar-refractivity contribution in [3.63, 3.8) is 0 Å². The topological polar surface area (TPSA) is 63.4 Å². The van der Waals surface area contributed by atoms with Gasteiger partial charge in [-0.3, -0.25) is 10.1 Å². The summed E-state index contributed by atoms with van der Waals surface area (Å²) in [6, 6.07) is -0.331. The number of hydrogen-bond acceptors (Lipinski definition) is 3. The monoisotopic (exact) mass is 321 g/mol. The normalized spacial score (nSPS) is 52.3. The van der Waals surface area contributed by atoms with Crippen molar-refractivity contribution in [1.29, 1.82) is 0 Å².